The Morgan fingerprint density at radius 1 is 1.19 bits per heavy atom. The molecule has 0 unspecified atom stereocenters. The molecule has 0 bridgehead atoms. The molecule has 1 aliphatic heterocycles. The van der Waals surface area contributed by atoms with Crippen molar-refractivity contribution >= 4 is 21.6 Å². The van der Waals surface area contributed by atoms with Crippen molar-refractivity contribution in [1.29, 1.82) is 0 Å². The van der Waals surface area contributed by atoms with E-state index >= 15 is 0 Å². The van der Waals surface area contributed by atoms with Crippen molar-refractivity contribution in [3.05, 3.63) is 23.8 Å². The fourth-order valence-electron chi connectivity index (χ4n) is 3.97. The Bertz CT molecular complexity index is 757. The first-order valence-electron chi connectivity index (χ1n) is 9.54. The lowest BCUT2D eigenvalue weighted by molar-refractivity contribution is -0.117. The highest BCUT2D eigenvalue weighted by atomic mass is 32.2. The van der Waals surface area contributed by atoms with Crippen molar-refractivity contribution in [1.82, 2.24) is 4.31 Å². The minimum atomic E-state index is -3.52. The molecular formula is C19H29N3O3S. The average Bonchev–Trinajstić information content (AvgIpc) is 3.02. The standard InChI is InChI=1S/C19H29N3O3S/c1-14-8-9-16(21-19(23)12-15-6-5-7-17(15)20)13-18(14)26(24,25)22-10-3-2-4-11-22/h8-9,13,15,17H,2-7,10-12,20H2,1H3,(H,21,23)/t15-,17+/m0/s1. The summed E-state index contributed by atoms with van der Waals surface area (Å²) < 4.78 is 27.5. The second kappa shape index (κ2) is 8.06. The van der Waals surface area contributed by atoms with Gasteiger partial charge in [0.1, 0.15) is 0 Å². The molecule has 0 radical (unpaired) electrons. The number of sulfonamides is 1. The lowest BCUT2D eigenvalue weighted by Crippen LogP contribution is -2.36. The minimum Gasteiger partial charge on any atom is -0.327 e. The van der Waals surface area contributed by atoms with Gasteiger partial charge in [-0.3, -0.25) is 4.79 Å². The number of piperidine rings is 1. The van der Waals surface area contributed by atoms with Crippen LogP contribution in [-0.4, -0.2) is 37.8 Å². The zero-order valence-corrected chi connectivity index (χ0v) is 16.2. The van der Waals surface area contributed by atoms with Gasteiger partial charge in [0.2, 0.25) is 15.9 Å². The summed E-state index contributed by atoms with van der Waals surface area (Å²) in [5.41, 5.74) is 7.27. The zero-order valence-electron chi connectivity index (χ0n) is 15.4. The van der Waals surface area contributed by atoms with Crippen LogP contribution in [0.4, 0.5) is 5.69 Å². The highest BCUT2D eigenvalue weighted by molar-refractivity contribution is 7.89. The summed E-state index contributed by atoms with van der Waals surface area (Å²) in [4.78, 5) is 12.6. The maximum absolute atomic E-state index is 13.0. The Morgan fingerprint density at radius 2 is 1.92 bits per heavy atom. The van der Waals surface area contributed by atoms with E-state index < -0.39 is 10.0 Å². The van der Waals surface area contributed by atoms with E-state index in [0.29, 0.717) is 30.8 Å². The lowest BCUT2D eigenvalue weighted by Gasteiger charge is -2.26. The van der Waals surface area contributed by atoms with Crippen LogP contribution in [0.5, 0.6) is 0 Å². The van der Waals surface area contributed by atoms with Crippen molar-refractivity contribution in [2.45, 2.75) is 62.8 Å². The third kappa shape index (κ3) is 4.27. The molecule has 6 nitrogen and oxygen atoms in total. The fourth-order valence-corrected chi connectivity index (χ4v) is 5.74. The van der Waals surface area contributed by atoms with Gasteiger partial charge in [-0.1, -0.05) is 18.9 Å². The molecule has 7 heteroatoms. The van der Waals surface area contributed by atoms with Gasteiger partial charge in [0.15, 0.2) is 0 Å². The smallest absolute Gasteiger partial charge is 0.243 e. The average molecular weight is 380 g/mol. The molecule has 1 amide bonds. The lowest BCUT2D eigenvalue weighted by atomic mass is 10.00. The first kappa shape index (κ1) is 19.3. The summed E-state index contributed by atoms with van der Waals surface area (Å²) in [5.74, 6) is 0.120. The highest BCUT2D eigenvalue weighted by Gasteiger charge is 2.28. The van der Waals surface area contributed by atoms with Crippen LogP contribution < -0.4 is 11.1 Å². The molecule has 1 saturated heterocycles. The Morgan fingerprint density at radius 3 is 2.58 bits per heavy atom. The summed E-state index contributed by atoms with van der Waals surface area (Å²) >= 11 is 0. The second-order valence-electron chi connectivity index (χ2n) is 7.55. The first-order valence-corrected chi connectivity index (χ1v) is 11.0. The van der Waals surface area contributed by atoms with Gasteiger partial charge >= 0.3 is 0 Å². The number of hydrogen-bond donors (Lipinski definition) is 2. The normalized spacial score (nSPS) is 24.5. The molecular weight excluding hydrogens is 350 g/mol. The van der Waals surface area contributed by atoms with Gasteiger partial charge in [-0.25, -0.2) is 8.42 Å². The van der Waals surface area contributed by atoms with Gasteiger partial charge in [-0.05, 0) is 56.2 Å². The number of carbonyl (C=O) groups is 1. The molecule has 0 aromatic heterocycles. The molecule has 1 aromatic carbocycles. The van der Waals surface area contributed by atoms with Gasteiger partial charge in [0.05, 0.1) is 4.90 Å². The van der Waals surface area contributed by atoms with Crippen molar-refractivity contribution in [2.24, 2.45) is 11.7 Å². The predicted molar refractivity (Wildman–Crippen MR) is 102 cm³/mol. The van der Waals surface area contributed by atoms with Gasteiger partial charge < -0.3 is 11.1 Å². The van der Waals surface area contributed by atoms with E-state index in [1.807, 2.05) is 0 Å². The van der Waals surface area contributed by atoms with Crippen molar-refractivity contribution in [3.63, 3.8) is 0 Å². The van der Waals surface area contributed by atoms with Crippen LogP contribution in [0, 0.1) is 12.8 Å². The zero-order chi connectivity index (χ0) is 18.7. The van der Waals surface area contributed by atoms with Crippen molar-refractivity contribution < 1.29 is 13.2 Å². The Labute approximate surface area is 156 Å². The third-order valence-corrected chi connectivity index (χ3v) is 7.61. The quantitative estimate of drug-likeness (QED) is 0.822. The van der Waals surface area contributed by atoms with Crippen LogP contribution in [0.1, 0.15) is 50.5 Å². The number of carbonyl (C=O) groups excluding carboxylic acids is 1. The highest BCUT2D eigenvalue weighted by Crippen LogP contribution is 2.28. The van der Waals surface area contributed by atoms with Crippen LogP contribution in [0.15, 0.2) is 23.1 Å². The molecule has 3 rings (SSSR count). The molecule has 2 atom stereocenters. The predicted octanol–water partition coefficient (Wildman–Crippen LogP) is 2.63. The van der Waals surface area contributed by atoms with E-state index in [1.54, 1.807) is 29.4 Å². The largest absolute Gasteiger partial charge is 0.327 e. The molecule has 26 heavy (non-hydrogen) atoms. The third-order valence-electron chi connectivity index (χ3n) is 5.57. The van der Waals surface area contributed by atoms with Crippen LogP contribution >= 0.6 is 0 Å². The molecule has 2 fully saturated rings. The van der Waals surface area contributed by atoms with Crippen LogP contribution in [0.3, 0.4) is 0 Å². The fraction of sp³-hybridized carbons (Fsp3) is 0.632. The molecule has 3 N–H and O–H groups in total. The maximum Gasteiger partial charge on any atom is 0.243 e. The van der Waals surface area contributed by atoms with E-state index in [2.05, 4.69) is 5.32 Å². The minimum absolute atomic E-state index is 0.0915. The van der Waals surface area contributed by atoms with Crippen LogP contribution in [0.25, 0.3) is 0 Å². The number of amides is 1. The molecule has 144 valence electrons. The second-order valence-corrected chi connectivity index (χ2v) is 9.46. The summed E-state index contributed by atoms with van der Waals surface area (Å²) in [7, 11) is -3.52. The van der Waals surface area contributed by atoms with E-state index in [0.717, 1.165) is 38.5 Å². The number of nitrogens with zero attached hydrogens (tertiary/aromatic N) is 1. The molecule has 1 saturated carbocycles. The topological polar surface area (TPSA) is 92.5 Å². The Kier molecular flexibility index (Phi) is 5.99. The number of hydrogen-bond acceptors (Lipinski definition) is 4. The summed E-state index contributed by atoms with van der Waals surface area (Å²) in [6.45, 7) is 2.93. The summed E-state index contributed by atoms with van der Waals surface area (Å²) in [6, 6.07) is 5.20. The molecule has 1 heterocycles. The number of nitrogens with one attached hydrogen (secondary N) is 1. The number of benzene rings is 1. The maximum atomic E-state index is 13.0. The Balaban J connectivity index is 1.73. The SMILES string of the molecule is Cc1ccc(NC(=O)C[C@@H]2CCC[C@H]2N)cc1S(=O)(=O)N1CCCCC1. The summed E-state index contributed by atoms with van der Waals surface area (Å²) in [5, 5.41) is 2.85. The van der Waals surface area contributed by atoms with Gasteiger partial charge in [-0.15, -0.1) is 0 Å². The van der Waals surface area contributed by atoms with Gasteiger partial charge in [0, 0.05) is 31.2 Å². The Hall–Kier alpha value is -1.44. The van der Waals surface area contributed by atoms with Crippen LogP contribution in [0.2, 0.25) is 0 Å². The molecule has 1 aliphatic carbocycles. The first-order chi connectivity index (χ1) is 12.4. The van der Waals surface area contributed by atoms with E-state index in [-0.39, 0.29) is 22.8 Å². The number of nitrogens with two attached hydrogens (primary N) is 1. The molecule has 2 aliphatic rings. The van der Waals surface area contributed by atoms with Crippen molar-refractivity contribution in [2.75, 3.05) is 18.4 Å². The number of aryl methyl sites for hydroxylation is 1. The van der Waals surface area contributed by atoms with E-state index in [9.17, 15) is 13.2 Å². The van der Waals surface area contributed by atoms with E-state index in [4.69, 9.17) is 5.73 Å². The van der Waals surface area contributed by atoms with Crippen molar-refractivity contribution in [3.8, 4) is 0 Å². The van der Waals surface area contributed by atoms with Crippen LogP contribution in [-0.2, 0) is 14.8 Å². The molecule has 1 aromatic rings. The monoisotopic (exact) mass is 379 g/mol. The van der Waals surface area contributed by atoms with E-state index in [1.165, 1.54) is 0 Å². The summed E-state index contributed by atoms with van der Waals surface area (Å²) in [6.07, 6.45) is 6.29. The van der Waals surface area contributed by atoms with Gasteiger partial charge in [-0.2, -0.15) is 4.31 Å². The molecule has 0 spiro atoms. The number of anilines is 1. The number of rotatable bonds is 5. The van der Waals surface area contributed by atoms with Gasteiger partial charge in [0.25, 0.3) is 0 Å².